The summed E-state index contributed by atoms with van der Waals surface area (Å²) in [5, 5.41) is 0. The number of pyridine rings is 1. The van der Waals surface area contributed by atoms with Gasteiger partial charge in [0, 0.05) is 0 Å². The van der Waals surface area contributed by atoms with Crippen LogP contribution >= 0.6 is 0 Å². The van der Waals surface area contributed by atoms with E-state index in [1.807, 2.05) is 18.2 Å². The van der Waals surface area contributed by atoms with Gasteiger partial charge in [-0.05, 0) is 60.1 Å². The molecule has 28 heavy (non-hydrogen) atoms. The molecule has 3 rings (SSSR count). The zero-order chi connectivity index (χ0) is 20.3. The summed E-state index contributed by atoms with van der Waals surface area (Å²) in [5.74, 6) is 0. The number of rotatable bonds is 8. The topological polar surface area (TPSA) is 78.6 Å². The van der Waals surface area contributed by atoms with E-state index >= 15 is 0 Å². The van der Waals surface area contributed by atoms with Gasteiger partial charge in [-0.1, -0.05) is 33.8 Å². The van der Waals surface area contributed by atoms with Gasteiger partial charge in [-0.3, -0.25) is 9.59 Å². The third-order valence-corrected chi connectivity index (χ3v) is 5.41. The fraction of sp³-hybridized carbons (Fsp3) is 0.348. The largest absolute Gasteiger partial charge is 0.351 e. The maximum absolute atomic E-state index is 11.5. The number of carbonyl (C=O) groups excluding carboxylic acids is 2. The van der Waals surface area contributed by atoms with Crippen molar-refractivity contribution in [2.24, 2.45) is 0 Å². The molecule has 0 aliphatic carbocycles. The summed E-state index contributed by atoms with van der Waals surface area (Å²) in [6.07, 6.45) is 5.02. The third kappa shape index (κ3) is 3.21. The van der Waals surface area contributed by atoms with Gasteiger partial charge in [-0.15, -0.1) is 0 Å². The SMILES string of the molecule is CCc1c(C=O)[nH]c(-c2cccc(-c3[nH]c(C=O)c(CC)c3CC)n2)c1CC. The number of nitrogens with zero attached hydrogens (tertiary/aromatic N) is 1. The lowest BCUT2D eigenvalue weighted by molar-refractivity contribution is 0.111. The van der Waals surface area contributed by atoms with Crippen LogP contribution in [-0.2, 0) is 25.7 Å². The Bertz CT molecular complexity index is 934. The lowest BCUT2D eigenvalue weighted by Crippen LogP contribution is -1.95. The molecule has 5 nitrogen and oxygen atoms in total. The molecule has 0 fully saturated rings. The summed E-state index contributed by atoms with van der Waals surface area (Å²) in [5.41, 5.74) is 9.08. The van der Waals surface area contributed by atoms with Crippen molar-refractivity contribution in [3.8, 4) is 22.8 Å². The number of aromatic nitrogens is 3. The van der Waals surface area contributed by atoms with Crippen LogP contribution < -0.4 is 0 Å². The van der Waals surface area contributed by atoms with E-state index in [1.54, 1.807) is 0 Å². The summed E-state index contributed by atoms with van der Waals surface area (Å²) in [6.45, 7) is 8.30. The van der Waals surface area contributed by atoms with Crippen molar-refractivity contribution in [2.75, 3.05) is 0 Å². The van der Waals surface area contributed by atoms with E-state index in [0.717, 1.165) is 83.3 Å². The molecule has 0 aliphatic heterocycles. The number of hydrogen-bond acceptors (Lipinski definition) is 3. The number of H-pyrrole nitrogens is 2. The maximum atomic E-state index is 11.5. The van der Waals surface area contributed by atoms with Crippen LogP contribution in [0.1, 0.15) is 70.9 Å². The zero-order valence-electron chi connectivity index (χ0n) is 17.0. The highest BCUT2D eigenvalue weighted by Gasteiger charge is 2.19. The average Bonchev–Trinajstić information content (AvgIpc) is 3.30. The highest BCUT2D eigenvalue weighted by molar-refractivity contribution is 5.82. The Morgan fingerprint density at radius 1 is 0.714 bits per heavy atom. The van der Waals surface area contributed by atoms with E-state index in [4.69, 9.17) is 4.98 Å². The molecule has 0 unspecified atom stereocenters. The summed E-state index contributed by atoms with van der Waals surface area (Å²) in [6, 6.07) is 5.88. The standard InChI is InChI=1S/C23H27N3O2/c1-5-14-16(7-3)22(25-20(14)12-27)18-10-9-11-19(24-18)23-17(8-4)15(6-2)21(13-28)26-23/h9-13,25-26H,5-8H2,1-4H3. The molecule has 3 heterocycles. The Hall–Kier alpha value is -2.95. The molecule has 2 N–H and O–H groups in total. The Kier molecular flexibility index (Phi) is 5.93. The molecule has 0 bridgehead atoms. The Labute approximate surface area is 165 Å². The number of hydrogen-bond donors (Lipinski definition) is 2. The van der Waals surface area contributed by atoms with Crippen molar-refractivity contribution < 1.29 is 9.59 Å². The summed E-state index contributed by atoms with van der Waals surface area (Å²) >= 11 is 0. The van der Waals surface area contributed by atoms with Gasteiger partial charge in [0.05, 0.1) is 34.2 Å². The first kappa shape index (κ1) is 19.8. The van der Waals surface area contributed by atoms with Crippen LogP contribution in [0.5, 0.6) is 0 Å². The van der Waals surface area contributed by atoms with Crippen molar-refractivity contribution in [2.45, 2.75) is 53.4 Å². The van der Waals surface area contributed by atoms with Crippen LogP contribution in [-0.4, -0.2) is 27.5 Å². The Balaban J connectivity index is 2.18. The molecule has 0 saturated heterocycles. The van der Waals surface area contributed by atoms with Gasteiger partial charge in [0.15, 0.2) is 12.6 Å². The van der Waals surface area contributed by atoms with Gasteiger partial charge >= 0.3 is 0 Å². The fourth-order valence-electron chi connectivity index (χ4n) is 4.14. The van der Waals surface area contributed by atoms with Gasteiger partial charge in [-0.25, -0.2) is 4.98 Å². The summed E-state index contributed by atoms with van der Waals surface area (Å²) in [7, 11) is 0. The minimum atomic E-state index is 0.632. The van der Waals surface area contributed by atoms with Crippen LogP contribution in [0.15, 0.2) is 18.2 Å². The van der Waals surface area contributed by atoms with Gasteiger partial charge in [0.25, 0.3) is 0 Å². The molecule has 5 heteroatoms. The molecule has 146 valence electrons. The van der Waals surface area contributed by atoms with Crippen molar-refractivity contribution in [3.63, 3.8) is 0 Å². The molecule has 0 atom stereocenters. The molecule has 3 aromatic rings. The predicted molar refractivity (Wildman–Crippen MR) is 112 cm³/mol. The molecule has 0 spiro atoms. The van der Waals surface area contributed by atoms with E-state index in [-0.39, 0.29) is 0 Å². The smallest absolute Gasteiger partial charge is 0.166 e. The predicted octanol–water partition coefficient (Wildman–Crippen LogP) is 4.95. The Morgan fingerprint density at radius 3 is 1.43 bits per heavy atom. The number of aldehydes is 2. The molecule has 0 aliphatic rings. The highest BCUT2D eigenvalue weighted by atomic mass is 16.1. The van der Waals surface area contributed by atoms with Crippen LogP contribution in [0, 0.1) is 0 Å². The second-order valence-electron chi connectivity index (χ2n) is 6.80. The van der Waals surface area contributed by atoms with Crippen LogP contribution in [0.3, 0.4) is 0 Å². The van der Waals surface area contributed by atoms with Gasteiger partial charge in [0.1, 0.15) is 0 Å². The molecule has 0 amide bonds. The first-order valence-electron chi connectivity index (χ1n) is 9.98. The van der Waals surface area contributed by atoms with E-state index in [2.05, 4.69) is 37.7 Å². The lowest BCUT2D eigenvalue weighted by atomic mass is 10.0. The van der Waals surface area contributed by atoms with Gasteiger partial charge in [-0.2, -0.15) is 0 Å². The number of aromatic amines is 2. The van der Waals surface area contributed by atoms with Crippen molar-refractivity contribution in [1.82, 2.24) is 15.0 Å². The van der Waals surface area contributed by atoms with E-state index < -0.39 is 0 Å². The second kappa shape index (κ2) is 8.38. The summed E-state index contributed by atoms with van der Waals surface area (Å²) < 4.78 is 0. The average molecular weight is 377 g/mol. The van der Waals surface area contributed by atoms with Crippen molar-refractivity contribution >= 4 is 12.6 Å². The molecule has 0 radical (unpaired) electrons. The van der Waals surface area contributed by atoms with Crippen LogP contribution in [0.4, 0.5) is 0 Å². The van der Waals surface area contributed by atoms with E-state index in [9.17, 15) is 9.59 Å². The monoisotopic (exact) mass is 377 g/mol. The van der Waals surface area contributed by atoms with E-state index in [0.29, 0.717) is 11.4 Å². The number of nitrogens with one attached hydrogen (secondary N) is 2. The Morgan fingerprint density at radius 2 is 1.11 bits per heavy atom. The maximum Gasteiger partial charge on any atom is 0.166 e. The van der Waals surface area contributed by atoms with Gasteiger partial charge < -0.3 is 9.97 Å². The van der Waals surface area contributed by atoms with Crippen molar-refractivity contribution in [3.05, 3.63) is 51.8 Å². The highest BCUT2D eigenvalue weighted by Crippen LogP contribution is 2.32. The minimum Gasteiger partial charge on any atom is -0.351 e. The molecule has 0 aromatic carbocycles. The zero-order valence-corrected chi connectivity index (χ0v) is 17.0. The van der Waals surface area contributed by atoms with Crippen molar-refractivity contribution in [1.29, 1.82) is 0 Å². The molecule has 3 aromatic heterocycles. The first-order chi connectivity index (χ1) is 13.6. The lowest BCUT2D eigenvalue weighted by Gasteiger charge is -2.07. The van der Waals surface area contributed by atoms with E-state index in [1.165, 1.54) is 0 Å². The molecular weight excluding hydrogens is 350 g/mol. The summed E-state index contributed by atoms with van der Waals surface area (Å²) in [4.78, 5) is 34.4. The third-order valence-electron chi connectivity index (χ3n) is 5.41. The second-order valence-corrected chi connectivity index (χ2v) is 6.80. The van der Waals surface area contributed by atoms with Crippen LogP contribution in [0.25, 0.3) is 22.8 Å². The van der Waals surface area contributed by atoms with Crippen LogP contribution in [0.2, 0.25) is 0 Å². The number of carbonyl (C=O) groups is 2. The quantitative estimate of drug-likeness (QED) is 0.545. The minimum absolute atomic E-state index is 0.632. The molecule has 0 saturated carbocycles. The fourth-order valence-corrected chi connectivity index (χ4v) is 4.14. The normalized spacial score (nSPS) is 11.0. The first-order valence-corrected chi connectivity index (χ1v) is 9.98. The molecular formula is C23H27N3O2. The van der Waals surface area contributed by atoms with Gasteiger partial charge in [0.2, 0.25) is 0 Å².